The molecule has 0 unspecified atom stereocenters. The molecule has 1 amide bonds. The van der Waals surface area contributed by atoms with Crippen molar-refractivity contribution in [2.75, 3.05) is 11.1 Å². The Labute approximate surface area is 205 Å². The lowest BCUT2D eigenvalue weighted by molar-refractivity contribution is -0.115. The van der Waals surface area contributed by atoms with E-state index >= 15 is 0 Å². The highest BCUT2D eigenvalue weighted by molar-refractivity contribution is 7.99. The van der Waals surface area contributed by atoms with E-state index in [1.54, 1.807) is 18.2 Å². The van der Waals surface area contributed by atoms with E-state index in [0.29, 0.717) is 27.5 Å². The molecular formula is C26H21ClFN3O2S. The van der Waals surface area contributed by atoms with Gasteiger partial charge in [-0.05, 0) is 72.9 Å². The lowest BCUT2D eigenvalue weighted by Gasteiger charge is -2.14. The average Bonchev–Trinajstić information content (AvgIpc) is 3.29. The van der Waals surface area contributed by atoms with Crippen LogP contribution in [0, 0.1) is 5.82 Å². The molecule has 0 atom stereocenters. The first-order valence-electron chi connectivity index (χ1n) is 11.0. The van der Waals surface area contributed by atoms with Crippen LogP contribution in [0.4, 0.5) is 10.1 Å². The Bertz CT molecular complexity index is 1470. The topological polar surface area (TPSA) is 64.0 Å². The predicted molar refractivity (Wildman–Crippen MR) is 135 cm³/mol. The van der Waals surface area contributed by atoms with Gasteiger partial charge in [0.15, 0.2) is 5.16 Å². The summed E-state index contributed by atoms with van der Waals surface area (Å²) in [7, 11) is 0. The summed E-state index contributed by atoms with van der Waals surface area (Å²) in [5.74, 6) is -0.258. The molecule has 0 bridgehead atoms. The van der Waals surface area contributed by atoms with E-state index in [2.05, 4.69) is 16.4 Å². The van der Waals surface area contributed by atoms with Crippen molar-refractivity contribution in [2.24, 2.45) is 0 Å². The molecule has 0 radical (unpaired) electrons. The number of hydrogen-bond acceptors (Lipinski definition) is 4. The van der Waals surface area contributed by atoms with Crippen LogP contribution in [0.2, 0.25) is 5.02 Å². The van der Waals surface area contributed by atoms with Gasteiger partial charge in [-0.25, -0.2) is 9.37 Å². The highest BCUT2D eigenvalue weighted by Crippen LogP contribution is 2.26. The summed E-state index contributed by atoms with van der Waals surface area (Å²) in [4.78, 5) is 30.5. The minimum atomic E-state index is -0.565. The Morgan fingerprint density at radius 1 is 1.09 bits per heavy atom. The number of thioether (sulfide) groups is 1. The highest BCUT2D eigenvalue weighted by Gasteiger charge is 2.16. The molecular weight excluding hydrogens is 473 g/mol. The van der Waals surface area contributed by atoms with Gasteiger partial charge in [-0.3, -0.25) is 14.2 Å². The Morgan fingerprint density at radius 3 is 2.76 bits per heavy atom. The van der Waals surface area contributed by atoms with Gasteiger partial charge in [0, 0.05) is 17.9 Å². The zero-order valence-corrected chi connectivity index (χ0v) is 19.8. The summed E-state index contributed by atoms with van der Waals surface area (Å²) < 4.78 is 15.1. The Kier molecular flexibility index (Phi) is 6.39. The minimum Gasteiger partial charge on any atom is -0.326 e. The molecule has 1 aliphatic carbocycles. The third-order valence-corrected chi connectivity index (χ3v) is 7.08. The SMILES string of the molecule is O=C(CCSc1nc2ccccc2c(=O)n1-c1ccc(F)c(Cl)c1)Nc1ccc2c(c1)CCC2. The lowest BCUT2D eigenvalue weighted by Crippen LogP contribution is -2.22. The van der Waals surface area contributed by atoms with Crippen LogP contribution in [0.25, 0.3) is 16.6 Å². The van der Waals surface area contributed by atoms with Crippen LogP contribution in [0.1, 0.15) is 24.0 Å². The second-order valence-corrected chi connectivity index (χ2v) is 9.60. The van der Waals surface area contributed by atoms with Crippen LogP contribution in [-0.4, -0.2) is 21.2 Å². The van der Waals surface area contributed by atoms with Crippen molar-refractivity contribution in [3.05, 3.63) is 93.0 Å². The molecule has 8 heteroatoms. The van der Waals surface area contributed by atoms with E-state index in [1.807, 2.05) is 18.2 Å². The summed E-state index contributed by atoms with van der Waals surface area (Å²) in [6, 6.07) is 17.2. The average molecular weight is 494 g/mol. The second-order valence-electron chi connectivity index (χ2n) is 8.13. The summed E-state index contributed by atoms with van der Waals surface area (Å²) in [6.45, 7) is 0. The van der Waals surface area contributed by atoms with Gasteiger partial charge in [-0.2, -0.15) is 0 Å². The summed E-state index contributed by atoms with van der Waals surface area (Å²) in [5, 5.41) is 3.74. The number of benzene rings is 3. The molecule has 3 aromatic carbocycles. The molecule has 0 fully saturated rings. The quantitative estimate of drug-likeness (QED) is 0.273. The van der Waals surface area contributed by atoms with Crippen LogP contribution < -0.4 is 10.9 Å². The number of aromatic nitrogens is 2. The van der Waals surface area contributed by atoms with E-state index in [-0.39, 0.29) is 22.9 Å². The van der Waals surface area contributed by atoms with Gasteiger partial charge < -0.3 is 5.32 Å². The molecule has 1 N–H and O–H groups in total. The number of halogens is 2. The van der Waals surface area contributed by atoms with Gasteiger partial charge >= 0.3 is 0 Å². The normalized spacial score (nSPS) is 12.6. The number of carbonyl (C=O) groups excluding carboxylic acids is 1. The molecule has 1 aliphatic rings. The number of anilines is 1. The fraction of sp³-hybridized carbons (Fsp3) is 0.192. The van der Waals surface area contributed by atoms with Crippen molar-refractivity contribution in [1.82, 2.24) is 9.55 Å². The van der Waals surface area contributed by atoms with E-state index in [4.69, 9.17) is 11.6 Å². The van der Waals surface area contributed by atoms with E-state index < -0.39 is 5.82 Å². The predicted octanol–water partition coefficient (Wildman–Crippen LogP) is 5.79. The Balaban J connectivity index is 1.37. The van der Waals surface area contributed by atoms with Crippen molar-refractivity contribution in [2.45, 2.75) is 30.8 Å². The zero-order chi connectivity index (χ0) is 23.7. The van der Waals surface area contributed by atoms with Gasteiger partial charge in [0.1, 0.15) is 5.82 Å². The van der Waals surface area contributed by atoms with Gasteiger partial charge in [-0.15, -0.1) is 0 Å². The molecule has 5 nitrogen and oxygen atoms in total. The van der Waals surface area contributed by atoms with E-state index in [1.165, 1.54) is 45.7 Å². The van der Waals surface area contributed by atoms with E-state index in [9.17, 15) is 14.0 Å². The number of rotatable bonds is 6. The largest absolute Gasteiger partial charge is 0.326 e. The number of hydrogen-bond donors (Lipinski definition) is 1. The smallest absolute Gasteiger partial charge is 0.266 e. The molecule has 0 saturated heterocycles. The maximum absolute atomic E-state index is 13.7. The van der Waals surface area contributed by atoms with Crippen LogP contribution in [0.5, 0.6) is 0 Å². The number of aryl methyl sites for hydroxylation is 2. The minimum absolute atomic E-state index is 0.0813. The number of para-hydroxylation sites is 1. The number of nitrogens with one attached hydrogen (secondary N) is 1. The maximum Gasteiger partial charge on any atom is 0.266 e. The Morgan fingerprint density at radius 2 is 1.91 bits per heavy atom. The number of fused-ring (bicyclic) bond motifs is 2. The third-order valence-electron chi connectivity index (χ3n) is 5.85. The molecule has 1 aromatic heterocycles. The molecule has 172 valence electrons. The Hall–Kier alpha value is -3.16. The molecule has 5 rings (SSSR count). The molecule has 34 heavy (non-hydrogen) atoms. The zero-order valence-electron chi connectivity index (χ0n) is 18.2. The number of amides is 1. The van der Waals surface area contributed by atoms with Crippen LogP contribution in [0.15, 0.2) is 70.6 Å². The van der Waals surface area contributed by atoms with Gasteiger partial charge in [0.2, 0.25) is 5.91 Å². The number of carbonyl (C=O) groups is 1. The summed E-state index contributed by atoms with van der Waals surface area (Å²) in [5.41, 5.74) is 4.15. The van der Waals surface area contributed by atoms with Crippen molar-refractivity contribution in [1.29, 1.82) is 0 Å². The highest BCUT2D eigenvalue weighted by atomic mass is 35.5. The monoisotopic (exact) mass is 493 g/mol. The fourth-order valence-corrected chi connectivity index (χ4v) is 5.29. The van der Waals surface area contributed by atoms with Gasteiger partial charge in [0.05, 0.1) is 21.6 Å². The molecule has 4 aromatic rings. The summed E-state index contributed by atoms with van der Waals surface area (Å²) >= 11 is 7.27. The standard InChI is InChI=1S/C26H21ClFN3O2S/c27-21-15-19(10-11-22(21)28)31-25(33)20-6-1-2-7-23(20)30-26(31)34-13-12-24(32)29-18-9-8-16-4-3-5-17(16)14-18/h1-2,6-11,14-15H,3-5,12-13H2,(H,29,32). The van der Waals surface area contributed by atoms with Crippen molar-refractivity contribution >= 4 is 45.9 Å². The number of nitrogens with zero attached hydrogens (tertiary/aromatic N) is 2. The maximum atomic E-state index is 13.7. The fourth-order valence-electron chi connectivity index (χ4n) is 4.17. The molecule has 0 spiro atoms. The van der Waals surface area contributed by atoms with Crippen LogP contribution in [-0.2, 0) is 17.6 Å². The lowest BCUT2D eigenvalue weighted by atomic mass is 10.1. The molecule has 1 heterocycles. The van der Waals surface area contributed by atoms with Gasteiger partial charge in [0.25, 0.3) is 5.56 Å². The third kappa shape index (κ3) is 4.58. The van der Waals surface area contributed by atoms with Crippen LogP contribution >= 0.6 is 23.4 Å². The van der Waals surface area contributed by atoms with Crippen molar-refractivity contribution in [3.8, 4) is 5.69 Å². The first kappa shape index (κ1) is 22.6. The van der Waals surface area contributed by atoms with Crippen molar-refractivity contribution < 1.29 is 9.18 Å². The van der Waals surface area contributed by atoms with Crippen LogP contribution in [0.3, 0.4) is 0 Å². The second kappa shape index (κ2) is 9.60. The van der Waals surface area contributed by atoms with Crippen molar-refractivity contribution in [3.63, 3.8) is 0 Å². The van der Waals surface area contributed by atoms with Gasteiger partial charge in [-0.1, -0.05) is 41.6 Å². The summed E-state index contributed by atoms with van der Waals surface area (Å²) in [6.07, 6.45) is 3.55. The first-order chi connectivity index (χ1) is 16.5. The van der Waals surface area contributed by atoms with E-state index in [0.717, 1.165) is 24.9 Å². The molecule has 0 saturated carbocycles. The first-order valence-corrected chi connectivity index (χ1v) is 12.4. The molecule has 0 aliphatic heterocycles.